The minimum absolute atomic E-state index is 0.150. The van der Waals surface area contributed by atoms with Gasteiger partial charge in [-0.25, -0.2) is 9.37 Å². The van der Waals surface area contributed by atoms with Crippen molar-refractivity contribution >= 4 is 5.91 Å². The summed E-state index contributed by atoms with van der Waals surface area (Å²) in [5.41, 5.74) is 2.68. The molecule has 0 unspecified atom stereocenters. The number of aliphatic hydroxyl groups excluding tert-OH is 1. The number of halogens is 1. The Hall–Kier alpha value is -3.03. The van der Waals surface area contributed by atoms with Crippen LogP contribution in [-0.4, -0.2) is 33.1 Å². The minimum atomic E-state index is -0.849. The number of nitrogens with one attached hydrogen (secondary N) is 3. The van der Waals surface area contributed by atoms with Gasteiger partial charge < -0.3 is 20.7 Å². The lowest BCUT2D eigenvalue weighted by molar-refractivity contribution is -0.127. The van der Waals surface area contributed by atoms with Gasteiger partial charge in [0.1, 0.15) is 11.6 Å². The zero-order valence-electron chi connectivity index (χ0n) is 18.4. The fourth-order valence-electron chi connectivity index (χ4n) is 4.82. The van der Waals surface area contributed by atoms with Gasteiger partial charge in [0, 0.05) is 42.9 Å². The number of nitrogens with zero attached hydrogens (tertiary/aromatic N) is 1. The van der Waals surface area contributed by atoms with Crippen LogP contribution in [0, 0.1) is 11.7 Å². The van der Waals surface area contributed by atoms with Crippen molar-refractivity contribution in [2.45, 2.75) is 56.3 Å². The maximum atomic E-state index is 13.6. The van der Waals surface area contributed by atoms with Gasteiger partial charge >= 0.3 is 0 Å². The highest BCUT2D eigenvalue weighted by molar-refractivity contribution is 5.80. The number of imidazole rings is 1. The van der Waals surface area contributed by atoms with E-state index < -0.39 is 12.0 Å². The summed E-state index contributed by atoms with van der Waals surface area (Å²) in [7, 11) is 0. The molecule has 7 heteroatoms. The first-order valence-corrected chi connectivity index (χ1v) is 11.6. The zero-order chi connectivity index (χ0) is 22.8. The first kappa shape index (κ1) is 21.8. The van der Waals surface area contributed by atoms with E-state index in [1.807, 2.05) is 36.4 Å². The molecule has 1 aromatic heterocycles. The molecule has 2 aliphatic rings. The van der Waals surface area contributed by atoms with Crippen molar-refractivity contribution < 1.29 is 14.3 Å². The molecule has 0 spiro atoms. The molecule has 3 aromatic rings. The van der Waals surface area contributed by atoms with Crippen LogP contribution in [0.1, 0.15) is 53.7 Å². The van der Waals surface area contributed by atoms with Gasteiger partial charge in [0.25, 0.3) is 0 Å². The highest BCUT2D eigenvalue weighted by Crippen LogP contribution is 2.42. The summed E-state index contributed by atoms with van der Waals surface area (Å²) in [6, 6.07) is 16.0. The van der Waals surface area contributed by atoms with Crippen LogP contribution in [0.5, 0.6) is 0 Å². The average molecular weight is 449 g/mol. The van der Waals surface area contributed by atoms with E-state index in [1.165, 1.54) is 12.1 Å². The number of aromatic amines is 1. The number of H-pyrrole nitrogens is 1. The molecule has 0 aliphatic heterocycles. The summed E-state index contributed by atoms with van der Waals surface area (Å²) in [5.74, 6) is 0.146. The van der Waals surface area contributed by atoms with Crippen molar-refractivity contribution in [2.24, 2.45) is 5.92 Å². The summed E-state index contributed by atoms with van der Waals surface area (Å²) >= 11 is 0. The van der Waals surface area contributed by atoms with E-state index in [0.29, 0.717) is 25.4 Å². The van der Waals surface area contributed by atoms with Crippen molar-refractivity contribution in [2.75, 3.05) is 0 Å². The van der Waals surface area contributed by atoms with Crippen molar-refractivity contribution in [3.63, 3.8) is 0 Å². The molecule has 1 amide bonds. The highest BCUT2D eigenvalue weighted by atomic mass is 19.1. The normalized spacial score (nSPS) is 24.7. The number of rotatable bonds is 8. The van der Waals surface area contributed by atoms with Crippen molar-refractivity contribution in [1.82, 2.24) is 20.6 Å². The lowest BCUT2D eigenvalue weighted by Gasteiger charge is -2.22. The lowest BCUT2D eigenvalue weighted by atomic mass is 9.96. The number of aromatic nitrogens is 2. The van der Waals surface area contributed by atoms with E-state index >= 15 is 0 Å². The third-order valence-corrected chi connectivity index (χ3v) is 6.76. The number of aliphatic hydroxyl groups is 1. The van der Waals surface area contributed by atoms with E-state index in [-0.39, 0.29) is 23.7 Å². The second-order valence-corrected chi connectivity index (χ2v) is 9.18. The van der Waals surface area contributed by atoms with Crippen LogP contribution in [0.15, 0.2) is 60.8 Å². The molecule has 2 saturated carbocycles. The number of hydrogen-bond donors (Lipinski definition) is 4. The number of carbonyl (C=O) groups excluding carboxylic acids is 1. The Labute approximate surface area is 192 Å². The van der Waals surface area contributed by atoms with Crippen LogP contribution in [0.3, 0.4) is 0 Å². The van der Waals surface area contributed by atoms with E-state index in [9.17, 15) is 14.3 Å². The predicted octanol–water partition coefficient (Wildman–Crippen LogP) is 3.37. The monoisotopic (exact) mass is 448 g/mol. The molecule has 0 saturated heterocycles. The van der Waals surface area contributed by atoms with Crippen LogP contribution < -0.4 is 10.6 Å². The molecule has 4 atom stereocenters. The van der Waals surface area contributed by atoms with Crippen LogP contribution in [0.25, 0.3) is 0 Å². The summed E-state index contributed by atoms with van der Waals surface area (Å²) in [5, 5.41) is 17.7. The Morgan fingerprint density at radius 2 is 1.88 bits per heavy atom. The van der Waals surface area contributed by atoms with Crippen LogP contribution in [-0.2, 0) is 17.9 Å². The fraction of sp³-hybridized carbons (Fsp3) is 0.385. The van der Waals surface area contributed by atoms with E-state index in [4.69, 9.17) is 0 Å². The Bertz CT molecular complexity index is 1100. The molecular weight excluding hydrogens is 419 g/mol. The third-order valence-electron chi connectivity index (χ3n) is 6.76. The quantitative estimate of drug-likeness (QED) is 0.425. The van der Waals surface area contributed by atoms with Crippen LogP contribution in [0.2, 0.25) is 0 Å². The van der Waals surface area contributed by atoms with Gasteiger partial charge in [-0.2, -0.15) is 0 Å². The average Bonchev–Trinajstić information content (AvgIpc) is 3.47. The molecule has 2 aromatic carbocycles. The molecule has 2 aliphatic carbocycles. The molecule has 6 nitrogen and oxygen atoms in total. The minimum Gasteiger partial charge on any atom is -0.392 e. The fourth-order valence-corrected chi connectivity index (χ4v) is 4.82. The smallest absolute Gasteiger partial charge is 0.226 e. The summed E-state index contributed by atoms with van der Waals surface area (Å²) < 4.78 is 13.6. The first-order chi connectivity index (χ1) is 16.1. The van der Waals surface area contributed by atoms with E-state index in [0.717, 1.165) is 35.5 Å². The number of amides is 1. The molecule has 172 valence electrons. The van der Waals surface area contributed by atoms with Gasteiger partial charge in [-0.15, -0.1) is 0 Å². The summed E-state index contributed by atoms with van der Waals surface area (Å²) in [4.78, 5) is 20.9. The van der Waals surface area contributed by atoms with Crippen LogP contribution in [0.4, 0.5) is 4.39 Å². The standard InChI is InChI=1S/C26H29FN4O2/c27-19-8-4-7-17(11-19)14-28-21-12-20(26(33)30-13-16-5-2-1-3-6-16)24(32)23(21)22-15-29-25(31-22)18-9-10-18/h1-8,11,15,18,20-21,23-24,28,32H,9-10,12-14H2,(H,29,31)(H,30,33)/t20-,21+,23+,24+/m0/s1. The van der Waals surface area contributed by atoms with Crippen molar-refractivity contribution in [1.29, 1.82) is 0 Å². The van der Waals surface area contributed by atoms with Crippen molar-refractivity contribution in [3.8, 4) is 0 Å². The summed E-state index contributed by atoms with van der Waals surface area (Å²) in [6.45, 7) is 0.873. The molecular formula is C26H29FN4O2. The molecule has 2 fully saturated rings. The second-order valence-electron chi connectivity index (χ2n) is 9.18. The maximum Gasteiger partial charge on any atom is 0.226 e. The number of carbonyl (C=O) groups is 1. The predicted molar refractivity (Wildman–Crippen MR) is 123 cm³/mol. The molecule has 33 heavy (non-hydrogen) atoms. The van der Waals surface area contributed by atoms with Gasteiger partial charge in [-0.1, -0.05) is 42.5 Å². The zero-order valence-corrected chi connectivity index (χ0v) is 18.4. The van der Waals surface area contributed by atoms with Gasteiger partial charge in [-0.05, 0) is 42.5 Å². The highest BCUT2D eigenvalue weighted by Gasteiger charge is 2.47. The topological polar surface area (TPSA) is 90.0 Å². The van der Waals surface area contributed by atoms with Gasteiger partial charge in [-0.3, -0.25) is 4.79 Å². The Balaban J connectivity index is 1.31. The first-order valence-electron chi connectivity index (χ1n) is 11.6. The maximum absolute atomic E-state index is 13.6. The molecule has 1 heterocycles. The SMILES string of the molecule is O=C(NCc1ccccc1)[C@H]1C[C@@H](NCc2cccc(F)c2)[C@H](c2cnc(C3CC3)[nH]2)[C@@H]1O. The van der Waals surface area contributed by atoms with Crippen LogP contribution >= 0.6 is 0 Å². The molecule has 0 bridgehead atoms. The molecule has 4 N–H and O–H groups in total. The Kier molecular flexibility index (Phi) is 6.24. The lowest BCUT2D eigenvalue weighted by Crippen LogP contribution is -2.36. The third kappa shape index (κ3) is 4.99. The summed E-state index contributed by atoms with van der Waals surface area (Å²) in [6.07, 6.45) is 3.69. The number of benzene rings is 2. The Morgan fingerprint density at radius 1 is 1.09 bits per heavy atom. The van der Waals surface area contributed by atoms with Gasteiger partial charge in [0.15, 0.2) is 0 Å². The second kappa shape index (κ2) is 9.45. The largest absolute Gasteiger partial charge is 0.392 e. The van der Waals surface area contributed by atoms with Crippen molar-refractivity contribution in [3.05, 3.63) is 89.3 Å². The van der Waals surface area contributed by atoms with E-state index in [2.05, 4.69) is 20.6 Å². The molecule has 0 radical (unpaired) electrons. The Morgan fingerprint density at radius 3 is 2.64 bits per heavy atom. The van der Waals surface area contributed by atoms with Gasteiger partial charge in [0.2, 0.25) is 5.91 Å². The molecule has 5 rings (SSSR count). The van der Waals surface area contributed by atoms with Gasteiger partial charge in [0.05, 0.1) is 12.0 Å². The number of hydrogen-bond acceptors (Lipinski definition) is 4. The van der Waals surface area contributed by atoms with E-state index in [1.54, 1.807) is 12.3 Å².